The van der Waals surface area contributed by atoms with Crippen LogP contribution in [0.2, 0.25) is 0 Å². The highest BCUT2D eigenvalue weighted by Crippen LogP contribution is 2.25. The Morgan fingerprint density at radius 1 is 1.40 bits per heavy atom. The molecule has 0 amide bonds. The van der Waals surface area contributed by atoms with Crippen LogP contribution in [0.3, 0.4) is 0 Å². The molecular formula is C16H26FN3. The minimum atomic E-state index is -0.173. The first-order chi connectivity index (χ1) is 9.44. The smallest absolute Gasteiger partial charge is 0.123 e. The molecule has 4 heteroatoms. The van der Waals surface area contributed by atoms with Gasteiger partial charge in [-0.05, 0) is 45.0 Å². The lowest BCUT2D eigenvalue weighted by molar-refractivity contribution is 0.0128. The predicted molar refractivity (Wildman–Crippen MR) is 81.2 cm³/mol. The van der Waals surface area contributed by atoms with Gasteiger partial charge in [-0.15, -0.1) is 0 Å². The molecule has 0 aromatic heterocycles. The number of rotatable bonds is 4. The third-order valence-electron chi connectivity index (χ3n) is 4.44. The first-order valence-corrected chi connectivity index (χ1v) is 7.34. The summed E-state index contributed by atoms with van der Waals surface area (Å²) < 4.78 is 13.4. The molecule has 1 aromatic carbocycles. The molecule has 2 N–H and O–H groups in total. The second-order valence-electron chi connectivity index (χ2n) is 6.31. The monoisotopic (exact) mass is 279 g/mol. The molecule has 1 aromatic rings. The van der Waals surface area contributed by atoms with Crippen LogP contribution in [0.1, 0.15) is 19.4 Å². The lowest BCUT2D eigenvalue weighted by Gasteiger charge is -2.49. The van der Waals surface area contributed by atoms with Crippen molar-refractivity contribution in [3.8, 4) is 0 Å². The number of nitrogens with zero attached hydrogens (tertiary/aromatic N) is 2. The molecule has 1 heterocycles. The normalized spacial score (nSPS) is 24.6. The number of benzene rings is 1. The molecule has 2 atom stereocenters. The molecule has 0 saturated carbocycles. The van der Waals surface area contributed by atoms with Crippen LogP contribution in [-0.4, -0.2) is 54.6 Å². The quantitative estimate of drug-likeness (QED) is 0.911. The van der Waals surface area contributed by atoms with E-state index in [-0.39, 0.29) is 11.4 Å². The molecule has 112 valence electrons. The van der Waals surface area contributed by atoms with E-state index >= 15 is 0 Å². The largest absolute Gasteiger partial charge is 0.329 e. The van der Waals surface area contributed by atoms with Crippen molar-refractivity contribution >= 4 is 0 Å². The fraction of sp³-hybridized carbons (Fsp3) is 0.625. The Kier molecular flexibility index (Phi) is 4.78. The van der Waals surface area contributed by atoms with E-state index in [2.05, 4.69) is 30.7 Å². The van der Waals surface area contributed by atoms with Crippen LogP contribution >= 0.6 is 0 Å². The van der Waals surface area contributed by atoms with Gasteiger partial charge in [-0.25, -0.2) is 4.39 Å². The zero-order valence-electron chi connectivity index (χ0n) is 12.8. The van der Waals surface area contributed by atoms with Crippen molar-refractivity contribution in [1.29, 1.82) is 0 Å². The minimum absolute atomic E-state index is 0.117. The van der Waals surface area contributed by atoms with E-state index < -0.39 is 0 Å². The molecule has 2 rings (SSSR count). The molecular weight excluding hydrogens is 253 g/mol. The third kappa shape index (κ3) is 3.37. The fourth-order valence-electron chi connectivity index (χ4n) is 3.32. The summed E-state index contributed by atoms with van der Waals surface area (Å²) in [7, 11) is 2.15. The highest BCUT2D eigenvalue weighted by Gasteiger charge is 2.36. The maximum Gasteiger partial charge on any atom is 0.123 e. The van der Waals surface area contributed by atoms with E-state index in [4.69, 9.17) is 5.73 Å². The van der Waals surface area contributed by atoms with Gasteiger partial charge in [-0.3, -0.25) is 4.90 Å². The van der Waals surface area contributed by atoms with Crippen LogP contribution in [0.4, 0.5) is 4.39 Å². The summed E-state index contributed by atoms with van der Waals surface area (Å²) >= 11 is 0. The van der Waals surface area contributed by atoms with E-state index in [0.717, 1.165) is 31.6 Å². The summed E-state index contributed by atoms with van der Waals surface area (Å²) in [5, 5.41) is 0. The van der Waals surface area contributed by atoms with E-state index in [9.17, 15) is 4.39 Å². The molecule has 1 saturated heterocycles. The number of likely N-dealkylation sites (N-methyl/N-ethyl adjacent to an activating group) is 1. The highest BCUT2D eigenvalue weighted by atomic mass is 19.1. The van der Waals surface area contributed by atoms with Gasteiger partial charge in [0.2, 0.25) is 0 Å². The van der Waals surface area contributed by atoms with Crippen LogP contribution < -0.4 is 5.73 Å². The molecule has 3 nitrogen and oxygen atoms in total. The molecule has 0 aliphatic carbocycles. The Bertz CT molecular complexity index is 451. The van der Waals surface area contributed by atoms with Gasteiger partial charge in [0.15, 0.2) is 0 Å². The van der Waals surface area contributed by atoms with Crippen LogP contribution in [-0.2, 0) is 6.42 Å². The van der Waals surface area contributed by atoms with E-state index in [1.165, 1.54) is 6.07 Å². The first-order valence-electron chi connectivity index (χ1n) is 7.34. The SMILES string of the molecule is CC1CN(C)CCN1C(C)(CN)Cc1cccc(F)c1. The number of piperazine rings is 1. The maximum atomic E-state index is 13.4. The summed E-state index contributed by atoms with van der Waals surface area (Å²) in [6.45, 7) is 8.15. The van der Waals surface area contributed by atoms with E-state index in [0.29, 0.717) is 12.6 Å². The van der Waals surface area contributed by atoms with Crippen molar-refractivity contribution in [2.24, 2.45) is 5.73 Å². The number of hydrogen-bond donors (Lipinski definition) is 1. The van der Waals surface area contributed by atoms with E-state index in [1.807, 2.05) is 6.07 Å². The van der Waals surface area contributed by atoms with Crippen LogP contribution in [0, 0.1) is 5.82 Å². The van der Waals surface area contributed by atoms with Gasteiger partial charge < -0.3 is 10.6 Å². The molecule has 1 fully saturated rings. The molecule has 20 heavy (non-hydrogen) atoms. The Hall–Kier alpha value is -0.970. The molecule has 2 unspecified atom stereocenters. The number of nitrogens with two attached hydrogens (primary N) is 1. The topological polar surface area (TPSA) is 32.5 Å². The van der Waals surface area contributed by atoms with Gasteiger partial charge in [-0.1, -0.05) is 12.1 Å². The average molecular weight is 279 g/mol. The predicted octanol–water partition coefficient (Wildman–Crippen LogP) is 1.72. The van der Waals surface area contributed by atoms with Gasteiger partial charge in [0.25, 0.3) is 0 Å². The van der Waals surface area contributed by atoms with Gasteiger partial charge >= 0.3 is 0 Å². The fourth-order valence-corrected chi connectivity index (χ4v) is 3.32. The van der Waals surface area contributed by atoms with Gasteiger partial charge in [-0.2, -0.15) is 0 Å². The summed E-state index contributed by atoms with van der Waals surface area (Å²) in [5.74, 6) is -0.173. The zero-order valence-corrected chi connectivity index (χ0v) is 12.8. The van der Waals surface area contributed by atoms with Crippen molar-refractivity contribution in [2.75, 3.05) is 33.2 Å². The van der Waals surface area contributed by atoms with Crippen LogP contribution in [0.5, 0.6) is 0 Å². The zero-order chi connectivity index (χ0) is 14.8. The lowest BCUT2D eigenvalue weighted by Crippen LogP contribution is -2.62. The van der Waals surface area contributed by atoms with Gasteiger partial charge in [0.1, 0.15) is 5.82 Å². The highest BCUT2D eigenvalue weighted by molar-refractivity contribution is 5.19. The number of halogens is 1. The summed E-state index contributed by atoms with van der Waals surface area (Å²) in [4.78, 5) is 4.83. The second kappa shape index (κ2) is 6.20. The van der Waals surface area contributed by atoms with Crippen LogP contribution in [0.25, 0.3) is 0 Å². The van der Waals surface area contributed by atoms with Crippen molar-refractivity contribution in [2.45, 2.75) is 31.8 Å². The summed E-state index contributed by atoms with van der Waals surface area (Å²) in [6, 6.07) is 7.33. The lowest BCUT2D eigenvalue weighted by atomic mass is 9.88. The first kappa shape index (κ1) is 15.4. The standard InChI is InChI=1S/C16H26FN3/c1-13-11-19(3)7-8-20(13)16(2,12-18)10-14-5-4-6-15(17)9-14/h4-6,9,13H,7-8,10-12,18H2,1-3H3. The molecule has 1 aliphatic rings. The Morgan fingerprint density at radius 2 is 2.15 bits per heavy atom. The van der Waals surface area contributed by atoms with Gasteiger partial charge in [0.05, 0.1) is 0 Å². The Labute approximate surface area is 121 Å². The third-order valence-corrected chi connectivity index (χ3v) is 4.44. The van der Waals surface area contributed by atoms with Crippen LogP contribution in [0.15, 0.2) is 24.3 Å². The van der Waals surface area contributed by atoms with Crippen molar-refractivity contribution in [3.63, 3.8) is 0 Å². The molecule has 0 bridgehead atoms. The van der Waals surface area contributed by atoms with Crippen molar-refractivity contribution in [1.82, 2.24) is 9.80 Å². The summed E-state index contributed by atoms with van der Waals surface area (Å²) in [5.41, 5.74) is 6.97. The molecule has 0 radical (unpaired) electrons. The average Bonchev–Trinajstić information content (AvgIpc) is 2.38. The van der Waals surface area contributed by atoms with Gasteiger partial charge in [0, 0.05) is 37.8 Å². The minimum Gasteiger partial charge on any atom is -0.329 e. The number of hydrogen-bond acceptors (Lipinski definition) is 3. The van der Waals surface area contributed by atoms with E-state index in [1.54, 1.807) is 12.1 Å². The van der Waals surface area contributed by atoms with Crippen molar-refractivity contribution < 1.29 is 4.39 Å². The second-order valence-corrected chi connectivity index (χ2v) is 6.31. The summed E-state index contributed by atoms with van der Waals surface area (Å²) in [6.07, 6.45) is 0.787. The molecule has 1 aliphatic heterocycles. The Morgan fingerprint density at radius 3 is 2.75 bits per heavy atom. The maximum absolute atomic E-state index is 13.4. The Balaban J connectivity index is 2.16. The molecule has 0 spiro atoms. The van der Waals surface area contributed by atoms with Crippen molar-refractivity contribution in [3.05, 3.63) is 35.6 Å².